The second kappa shape index (κ2) is 5.25. The van der Waals surface area contributed by atoms with E-state index in [-0.39, 0.29) is 5.91 Å². The zero-order valence-corrected chi connectivity index (χ0v) is 12.8. The number of amides is 1. The van der Waals surface area contributed by atoms with Gasteiger partial charge in [0.25, 0.3) is 0 Å². The summed E-state index contributed by atoms with van der Waals surface area (Å²) >= 11 is 3.57. The van der Waals surface area contributed by atoms with E-state index in [9.17, 15) is 4.79 Å². The normalized spacial score (nSPS) is 23.3. The summed E-state index contributed by atoms with van der Waals surface area (Å²) in [6.45, 7) is 5.28. The summed E-state index contributed by atoms with van der Waals surface area (Å²) in [5.74, 6) is 0.211. The second-order valence-corrected chi connectivity index (χ2v) is 6.56. The van der Waals surface area contributed by atoms with E-state index in [4.69, 9.17) is 0 Å². The summed E-state index contributed by atoms with van der Waals surface area (Å²) < 4.78 is 1.18. The van der Waals surface area contributed by atoms with Gasteiger partial charge in [0, 0.05) is 36.6 Å². The van der Waals surface area contributed by atoms with Gasteiger partial charge in [0.15, 0.2) is 0 Å². The Morgan fingerprint density at radius 1 is 1.42 bits per heavy atom. The minimum Gasteiger partial charge on any atom is -0.352 e. The first-order chi connectivity index (χ1) is 9.11. The molecule has 2 heterocycles. The van der Waals surface area contributed by atoms with Crippen LogP contribution in [0.4, 0.5) is 0 Å². The topological polar surface area (TPSA) is 32.3 Å². The zero-order chi connectivity index (χ0) is 13.4. The van der Waals surface area contributed by atoms with E-state index in [2.05, 4.69) is 45.2 Å². The minimum absolute atomic E-state index is 0.211. The Hall–Kier alpha value is -0.870. The number of hydrogen-bond acceptors (Lipinski definition) is 2. The number of hydrogen-bond donors (Lipinski definition) is 1. The van der Waals surface area contributed by atoms with Gasteiger partial charge < -0.3 is 5.32 Å². The molecular weight excluding hydrogens is 304 g/mol. The largest absolute Gasteiger partial charge is 0.352 e. The Kier molecular flexibility index (Phi) is 3.63. The molecule has 0 aliphatic carbocycles. The summed E-state index contributed by atoms with van der Waals surface area (Å²) in [4.78, 5) is 13.7. The van der Waals surface area contributed by atoms with Crippen molar-refractivity contribution in [3.63, 3.8) is 0 Å². The highest BCUT2D eigenvalue weighted by Gasteiger charge is 2.25. The van der Waals surface area contributed by atoms with Gasteiger partial charge in [-0.05, 0) is 48.6 Å². The molecule has 3 rings (SSSR count). The first kappa shape index (κ1) is 13.1. The smallest absolute Gasteiger partial charge is 0.220 e. The molecule has 1 saturated heterocycles. The van der Waals surface area contributed by atoms with Crippen molar-refractivity contribution in [3.8, 4) is 0 Å². The molecule has 0 unspecified atom stereocenters. The lowest BCUT2D eigenvalue weighted by Crippen LogP contribution is -2.41. The van der Waals surface area contributed by atoms with Crippen LogP contribution >= 0.6 is 15.9 Å². The lowest BCUT2D eigenvalue weighted by atomic mass is 9.95. The van der Waals surface area contributed by atoms with Gasteiger partial charge in [0.2, 0.25) is 5.91 Å². The molecule has 4 heteroatoms. The van der Waals surface area contributed by atoms with Crippen LogP contribution in [-0.4, -0.2) is 29.9 Å². The molecule has 0 bridgehead atoms. The molecule has 1 amide bonds. The van der Waals surface area contributed by atoms with Crippen LogP contribution in [0, 0.1) is 6.92 Å². The van der Waals surface area contributed by atoms with Crippen LogP contribution in [-0.2, 0) is 17.8 Å². The first-order valence-corrected chi connectivity index (χ1v) is 7.71. The highest BCUT2D eigenvalue weighted by molar-refractivity contribution is 9.10. The SMILES string of the molecule is Cc1cc(Br)cc2c1CN(C[C@@H]1CCC(=O)N1)CC2. The van der Waals surface area contributed by atoms with Crippen molar-refractivity contribution in [1.29, 1.82) is 0 Å². The van der Waals surface area contributed by atoms with Crippen molar-refractivity contribution in [1.82, 2.24) is 10.2 Å². The fourth-order valence-electron chi connectivity index (χ4n) is 3.15. The molecule has 2 aliphatic heterocycles. The van der Waals surface area contributed by atoms with Crippen molar-refractivity contribution >= 4 is 21.8 Å². The quantitative estimate of drug-likeness (QED) is 0.906. The van der Waals surface area contributed by atoms with E-state index >= 15 is 0 Å². The number of aryl methyl sites for hydroxylation is 1. The van der Waals surface area contributed by atoms with Crippen LogP contribution in [0.15, 0.2) is 16.6 Å². The second-order valence-electron chi connectivity index (χ2n) is 5.65. The molecule has 0 spiro atoms. The maximum atomic E-state index is 11.3. The number of carbonyl (C=O) groups excluding carboxylic acids is 1. The number of halogens is 1. The van der Waals surface area contributed by atoms with Gasteiger partial charge in [-0.15, -0.1) is 0 Å². The summed E-state index contributed by atoms with van der Waals surface area (Å²) in [6, 6.07) is 4.79. The molecule has 1 aromatic carbocycles. The first-order valence-electron chi connectivity index (χ1n) is 6.91. The van der Waals surface area contributed by atoms with E-state index < -0.39 is 0 Å². The molecule has 19 heavy (non-hydrogen) atoms. The predicted molar refractivity (Wildman–Crippen MR) is 79.0 cm³/mol. The van der Waals surface area contributed by atoms with Crippen LogP contribution in [0.25, 0.3) is 0 Å². The number of benzene rings is 1. The van der Waals surface area contributed by atoms with Gasteiger partial charge in [-0.3, -0.25) is 9.69 Å². The number of rotatable bonds is 2. The third-order valence-corrected chi connectivity index (χ3v) is 4.63. The van der Waals surface area contributed by atoms with Crippen molar-refractivity contribution in [2.45, 2.75) is 38.8 Å². The third-order valence-electron chi connectivity index (χ3n) is 4.17. The van der Waals surface area contributed by atoms with Gasteiger partial charge in [-0.2, -0.15) is 0 Å². The predicted octanol–water partition coefficient (Wildman–Crippen LogP) is 2.39. The maximum absolute atomic E-state index is 11.3. The number of nitrogens with zero attached hydrogens (tertiary/aromatic N) is 1. The Morgan fingerprint density at radius 3 is 3.00 bits per heavy atom. The molecule has 0 saturated carbocycles. The standard InChI is InChI=1S/C15H19BrN2O/c1-10-6-12(16)7-11-4-5-18(9-14(10)11)8-13-2-3-15(19)17-13/h6-7,13H,2-5,8-9H2,1H3,(H,17,19)/t13-/m0/s1. The average molecular weight is 323 g/mol. The molecule has 1 N–H and O–H groups in total. The van der Waals surface area contributed by atoms with Crippen molar-refractivity contribution < 1.29 is 4.79 Å². The van der Waals surface area contributed by atoms with Crippen LogP contribution in [0.5, 0.6) is 0 Å². The monoisotopic (exact) mass is 322 g/mol. The Balaban J connectivity index is 1.70. The van der Waals surface area contributed by atoms with Gasteiger partial charge in [-0.25, -0.2) is 0 Å². The number of fused-ring (bicyclic) bond motifs is 1. The van der Waals surface area contributed by atoms with Crippen molar-refractivity contribution in [2.75, 3.05) is 13.1 Å². The summed E-state index contributed by atoms with van der Waals surface area (Å²) in [5, 5.41) is 3.06. The fraction of sp³-hybridized carbons (Fsp3) is 0.533. The van der Waals surface area contributed by atoms with Crippen LogP contribution in [0.3, 0.4) is 0 Å². The van der Waals surface area contributed by atoms with Crippen LogP contribution in [0.1, 0.15) is 29.5 Å². The highest BCUT2D eigenvalue weighted by Crippen LogP contribution is 2.26. The zero-order valence-electron chi connectivity index (χ0n) is 11.2. The van der Waals surface area contributed by atoms with E-state index in [1.54, 1.807) is 0 Å². The van der Waals surface area contributed by atoms with Gasteiger partial charge in [-0.1, -0.05) is 15.9 Å². The van der Waals surface area contributed by atoms with Crippen LogP contribution < -0.4 is 5.32 Å². The Bertz CT molecular complexity index is 515. The van der Waals surface area contributed by atoms with E-state index in [1.807, 2.05) is 0 Å². The highest BCUT2D eigenvalue weighted by atomic mass is 79.9. The Labute approximate surface area is 122 Å². The molecule has 102 valence electrons. The minimum atomic E-state index is 0.211. The molecule has 3 nitrogen and oxygen atoms in total. The van der Waals surface area contributed by atoms with E-state index in [1.165, 1.54) is 21.2 Å². The molecule has 0 aromatic heterocycles. The molecule has 0 radical (unpaired) electrons. The summed E-state index contributed by atoms with van der Waals surface area (Å²) in [5.41, 5.74) is 4.31. The average Bonchev–Trinajstić information content (AvgIpc) is 2.75. The molecule has 1 aromatic rings. The molecule has 1 atom stereocenters. The fourth-order valence-corrected chi connectivity index (χ4v) is 3.77. The van der Waals surface area contributed by atoms with Crippen molar-refractivity contribution in [3.05, 3.63) is 33.3 Å². The van der Waals surface area contributed by atoms with E-state index in [0.29, 0.717) is 12.5 Å². The summed E-state index contributed by atoms with van der Waals surface area (Å²) in [7, 11) is 0. The summed E-state index contributed by atoms with van der Waals surface area (Å²) in [6.07, 6.45) is 2.79. The lowest BCUT2D eigenvalue weighted by molar-refractivity contribution is -0.119. The number of nitrogens with one attached hydrogen (secondary N) is 1. The molecular formula is C15H19BrN2O. The van der Waals surface area contributed by atoms with E-state index in [0.717, 1.165) is 32.5 Å². The van der Waals surface area contributed by atoms with Gasteiger partial charge >= 0.3 is 0 Å². The van der Waals surface area contributed by atoms with Crippen LogP contribution in [0.2, 0.25) is 0 Å². The molecule has 1 fully saturated rings. The lowest BCUT2D eigenvalue weighted by Gasteiger charge is -2.31. The Morgan fingerprint density at radius 2 is 2.26 bits per heavy atom. The third kappa shape index (κ3) is 2.84. The maximum Gasteiger partial charge on any atom is 0.220 e. The number of carbonyl (C=O) groups is 1. The van der Waals surface area contributed by atoms with Gasteiger partial charge in [0.05, 0.1) is 0 Å². The molecule has 2 aliphatic rings. The van der Waals surface area contributed by atoms with Crippen molar-refractivity contribution in [2.24, 2.45) is 0 Å². The van der Waals surface area contributed by atoms with Gasteiger partial charge in [0.1, 0.15) is 0 Å².